The van der Waals surface area contributed by atoms with Gasteiger partial charge in [-0.1, -0.05) is 30.3 Å². The van der Waals surface area contributed by atoms with Crippen molar-refractivity contribution in [3.8, 4) is 0 Å². The van der Waals surface area contributed by atoms with Gasteiger partial charge in [0.25, 0.3) is 15.9 Å². The molecule has 0 saturated heterocycles. The first-order chi connectivity index (χ1) is 17.5. The number of thiazole rings is 1. The number of carbonyl (C=O) groups excluding carboxylic acids is 2. The molecule has 37 heavy (non-hydrogen) atoms. The van der Waals surface area contributed by atoms with Crippen molar-refractivity contribution >= 4 is 43.6 Å². The standard InChI is InChI=1S/C25H25N5O5S2/c1-25(2,3)35-24(32)27-22(16-7-5-4-6-8-16)23(31)29-12-17-13-30(28-20(17)14-29)37(33,34)18-9-10-19-21(11-18)36-15-26-19/h4-11,13,15,22H,12,14H2,1-3H3,(H,27,32)/t22-/m1/s1. The van der Waals surface area contributed by atoms with Gasteiger partial charge in [0.2, 0.25) is 0 Å². The quantitative estimate of drug-likeness (QED) is 0.409. The molecule has 0 fully saturated rings. The van der Waals surface area contributed by atoms with Crippen molar-refractivity contribution in [2.24, 2.45) is 0 Å². The van der Waals surface area contributed by atoms with Gasteiger partial charge >= 0.3 is 6.09 Å². The second-order valence-electron chi connectivity index (χ2n) is 9.64. The molecule has 1 aliphatic heterocycles. The molecule has 2 amide bonds. The smallest absolute Gasteiger partial charge is 0.408 e. The molecule has 5 rings (SSSR count). The molecule has 0 unspecified atom stereocenters. The molecule has 2 aromatic heterocycles. The van der Waals surface area contributed by atoms with Gasteiger partial charge in [0, 0.05) is 18.3 Å². The van der Waals surface area contributed by atoms with E-state index < -0.39 is 27.8 Å². The van der Waals surface area contributed by atoms with Crippen LogP contribution in [-0.2, 0) is 32.6 Å². The van der Waals surface area contributed by atoms with E-state index in [1.807, 2.05) is 6.07 Å². The lowest BCUT2D eigenvalue weighted by molar-refractivity contribution is -0.134. The molecule has 1 atom stereocenters. The van der Waals surface area contributed by atoms with E-state index in [9.17, 15) is 18.0 Å². The lowest BCUT2D eigenvalue weighted by Gasteiger charge is -2.26. The largest absolute Gasteiger partial charge is 0.444 e. The van der Waals surface area contributed by atoms with Crippen LogP contribution < -0.4 is 5.32 Å². The molecular weight excluding hydrogens is 514 g/mol. The summed E-state index contributed by atoms with van der Waals surface area (Å²) < 4.78 is 33.5. The van der Waals surface area contributed by atoms with Crippen LogP contribution in [0.2, 0.25) is 0 Å². The maximum atomic E-state index is 13.5. The Morgan fingerprint density at radius 2 is 1.86 bits per heavy atom. The maximum Gasteiger partial charge on any atom is 0.408 e. The van der Waals surface area contributed by atoms with Crippen LogP contribution in [-0.4, -0.2) is 45.1 Å². The summed E-state index contributed by atoms with van der Waals surface area (Å²) in [5.74, 6) is -0.347. The van der Waals surface area contributed by atoms with Gasteiger partial charge in [-0.15, -0.1) is 11.3 Å². The predicted octanol–water partition coefficient (Wildman–Crippen LogP) is 3.84. The molecule has 0 aliphatic carbocycles. The highest BCUT2D eigenvalue weighted by Crippen LogP contribution is 2.28. The minimum Gasteiger partial charge on any atom is -0.444 e. The van der Waals surface area contributed by atoms with Gasteiger partial charge in [0.15, 0.2) is 0 Å². The topological polar surface area (TPSA) is 123 Å². The van der Waals surface area contributed by atoms with E-state index in [0.717, 1.165) is 14.3 Å². The summed E-state index contributed by atoms with van der Waals surface area (Å²) in [7, 11) is -3.91. The molecule has 0 saturated carbocycles. The lowest BCUT2D eigenvalue weighted by Crippen LogP contribution is -2.43. The SMILES string of the molecule is CC(C)(C)OC(=O)N[C@@H](C(=O)N1Cc2cn(S(=O)(=O)c3ccc4ncsc4c3)nc2C1)c1ccccc1. The first-order valence-electron chi connectivity index (χ1n) is 11.5. The second kappa shape index (κ2) is 9.27. The molecule has 10 nitrogen and oxygen atoms in total. The number of benzene rings is 2. The Bertz CT molecular complexity index is 1560. The van der Waals surface area contributed by atoms with Crippen molar-refractivity contribution in [1.82, 2.24) is 24.4 Å². The van der Waals surface area contributed by atoms with Crippen molar-refractivity contribution < 1.29 is 22.7 Å². The molecular formula is C25H25N5O5S2. The fourth-order valence-electron chi connectivity index (χ4n) is 4.05. The third-order valence-corrected chi connectivity index (χ3v) is 8.08. The first-order valence-corrected chi connectivity index (χ1v) is 13.8. The van der Waals surface area contributed by atoms with Crippen molar-refractivity contribution in [2.75, 3.05) is 0 Å². The van der Waals surface area contributed by atoms with E-state index in [-0.39, 0.29) is 23.9 Å². The zero-order valence-corrected chi connectivity index (χ0v) is 22.0. The zero-order valence-electron chi connectivity index (χ0n) is 20.4. The molecule has 1 aliphatic rings. The molecule has 12 heteroatoms. The molecule has 0 bridgehead atoms. The Hall–Kier alpha value is -3.77. The van der Waals surface area contributed by atoms with Crippen LogP contribution in [0.4, 0.5) is 4.79 Å². The fourth-order valence-corrected chi connectivity index (χ4v) is 6.04. The van der Waals surface area contributed by atoms with Crippen LogP contribution in [0.3, 0.4) is 0 Å². The normalized spacial score (nSPS) is 14.4. The van der Waals surface area contributed by atoms with Crippen molar-refractivity contribution in [3.63, 3.8) is 0 Å². The predicted molar refractivity (Wildman–Crippen MR) is 137 cm³/mol. The zero-order chi connectivity index (χ0) is 26.4. The molecule has 4 aromatic rings. The van der Waals surface area contributed by atoms with E-state index >= 15 is 0 Å². The monoisotopic (exact) mass is 539 g/mol. The Labute approximate surface area is 217 Å². The number of fused-ring (bicyclic) bond motifs is 2. The third kappa shape index (κ3) is 5.07. The van der Waals surface area contributed by atoms with E-state index in [4.69, 9.17) is 4.74 Å². The van der Waals surface area contributed by atoms with Crippen LogP contribution >= 0.6 is 11.3 Å². The molecule has 3 heterocycles. The summed E-state index contributed by atoms with van der Waals surface area (Å²) >= 11 is 1.36. The summed E-state index contributed by atoms with van der Waals surface area (Å²) in [6, 6.07) is 12.7. The number of hydrogen-bond donors (Lipinski definition) is 1. The van der Waals surface area contributed by atoms with Crippen LogP contribution in [0.1, 0.15) is 43.6 Å². The third-order valence-electron chi connectivity index (χ3n) is 5.76. The summed E-state index contributed by atoms with van der Waals surface area (Å²) in [5, 5.41) is 6.97. The number of amides is 2. The number of ether oxygens (including phenoxy) is 1. The Morgan fingerprint density at radius 1 is 1.11 bits per heavy atom. The van der Waals surface area contributed by atoms with E-state index in [2.05, 4.69) is 15.4 Å². The summed E-state index contributed by atoms with van der Waals surface area (Å²) in [6.45, 7) is 5.51. The minimum absolute atomic E-state index is 0.115. The highest BCUT2D eigenvalue weighted by molar-refractivity contribution is 7.89. The Morgan fingerprint density at radius 3 is 2.57 bits per heavy atom. The summed E-state index contributed by atoms with van der Waals surface area (Å²) in [4.78, 5) is 31.8. The van der Waals surface area contributed by atoms with Gasteiger partial charge in [-0.2, -0.15) is 17.6 Å². The summed E-state index contributed by atoms with van der Waals surface area (Å²) in [6.07, 6.45) is 0.731. The van der Waals surface area contributed by atoms with Gasteiger partial charge in [-0.3, -0.25) is 4.79 Å². The average Bonchev–Trinajstić information content (AvgIpc) is 3.56. The lowest BCUT2D eigenvalue weighted by atomic mass is 10.1. The highest BCUT2D eigenvalue weighted by atomic mass is 32.2. The van der Waals surface area contributed by atoms with Crippen molar-refractivity contribution in [1.29, 1.82) is 0 Å². The number of aromatic nitrogens is 3. The van der Waals surface area contributed by atoms with Crippen LogP contribution in [0.25, 0.3) is 10.2 Å². The van der Waals surface area contributed by atoms with Crippen molar-refractivity contribution in [3.05, 3.63) is 77.1 Å². The molecule has 0 spiro atoms. The van der Waals surface area contributed by atoms with Crippen LogP contribution in [0.5, 0.6) is 0 Å². The van der Waals surface area contributed by atoms with Gasteiger partial charge in [-0.25, -0.2) is 9.78 Å². The fraction of sp³-hybridized carbons (Fsp3) is 0.280. The van der Waals surface area contributed by atoms with E-state index in [0.29, 0.717) is 16.8 Å². The van der Waals surface area contributed by atoms with E-state index in [1.165, 1.54) is 28.5 Å². The average molecular weight is 540 g/mol. The second-order valence-corrected chi connectivity index (χ2v) is 12.3. The number of nitrogens with one attached hydrogen (secondary N) is 1. The van der Waals surface area contributed by atoms with Gasteiger partial charge in [0.1, 0.15) is 11.6 Å². The first kappa shape index (κ1) is 24.9. The van der Waals surface area contributed by atoms with Gasteiger partial charge < -0.3 is 15.0 Å². The number of rotatable bonds is 5. The maximum absolute atomic E-state index is 13.5. The number of carbonyl (C=O) groups is 2. The highest BCUT2D eigenvalue weighted by Gasteiger charge is 2.35. The van der Waals surface area contributed by atoms with Crippen molar-refractivity contribution in [2.45, 2.75) is 50.4 Å². The number of nitrogens with zero attached hydrogens (tertiary/aromatic N) is 4. The van der Waals surface area contributed by atoms with Gasteiger partial charge in [-0.05, 0) is 44.5 Å². The summed E-state index contributed by atoms with van der Waals surface area (Å²) in [5.41, 5.74) is 3.39. The number of hydrogen-bond acceptors (Lipinski definition) is 8. The Balaban J connectivity index is 1.35. The minimum atomic E-state index is -3.91. The van der Waals surface area contributed by atoms with Crippen LogP contribution in [0, 0.1) is 0 Å². The van der Waals surface area contributed by atoms with E-state index in [1.54, 1.807) is 62.7 Å². The number of alkyl carbamates (subject to hydrolysis) is 1. The molecule has 2 aromatic carbocycles. The molecule has 0 radical (unpaired) electrons. The van der Waals surface area contributed by atoms with Gasteiger partial charge in [0.05, 0.1) is 32.9 Å². The molecule has 1 N–H and O–H groups in total. The van der Waals surface area contributed by atoms with Crippen LogP contribution in [0.15, 0.2) is 65.1 Å². The Kier molecular flexibility index (Phi) is 6.24. The molecule has 192 valence electrons.